The van der Waals surface area contributed by atoms with E-state index in [0.29, 0.717) is 28.5 Å². The molecule has 0 aliphatic carbocycles. The zero-order valence-corrected chi connectivity index (χ0v) is 16.2. The first-order chi connectivity index (χ1) is 13.9. The highest BCUT2D eigenvalue weighted by atomic mass is 19.1. The number of fused-ring (bicyclic) bond motifs is 1. The SMILES string of the molecule is COc1ccc(-c2nc3cc(C)c(C)cc3o2)cc1NC(=O)c1cccc(F)c1. The molecule has 0 radical (unpaired) electrons. The van der Waals surface area contributed by atoms with E-state index in [1.165, 1.54) is 25.3 Å². The first-order valence-electron chi connectivity index (χ1n) is 9.08. The number of nitrogens with zero attached hydrogens (tertiary/aromatic N) is 1. The Morgan fingerprint density at radius 1 is 1.07 bits per heavy atom. The van der Waals surface area contributed by atoms with Crippen molar-refractivity contribution < 1.29 is 18.3 Å². The van der Waals surface area contributed by atoms with Gasteiger partial charge in [-0.15, -0.1) is 0 Å². The molecule has 1 heterocycles. The molecule has 0 fully saturated rings. The number of aromatic nitrogens is 1. The van der Waals surface area contributed by atoms with Crippen LogP contribution in [0.5, 0.6) is 5.75 Å². The van der Waals surface area contributed by atoms with Gasteiger partial charge in [-0.3, -0.25) is 4.79 Å². The van der Waals surface area contributed by atoms with E-state index in [4.69, 9.17) is 9.15 Å². The lowest BCUT2D eigenvalue weighted by Gasteiger charge is -2.11. The van der Waals surface area contributed by atoms with Crippen LogP contribution in [-0.2, 0) is 0 Å². The summed E-state index contributed by atoms with van der Waals surface area (Å²) < 4.78 is 24.7. The van der Waals surface area contributed by atoms with Crippen molar-refractivity contribution >= 4 is 22.7 Å². The van der Waals surface area contributed by atoms with Gasteiger partial charge in [0.2, 0.25) is 5.89 Å². The molecular formula is C23H19FN2O3. The van der Waals surface area contributed by atoms with E-state index >= 15 is 0 Å². The van der Waals surface area contributed by atoms with Gasteiger partial charge < -0.3 is 14.5 Å². The summed E-state index contributed by atoms with van der Waals surface area (Å²) in [6.07, 6.45) is 0. The topological polar surface area (TPSA) is 64.4 Å². The second-order valence-corrected chi connectivity index (χ2v) is 6.80. The number of hydrogen-bond acceptors (Lipinski definition) is 4. The Morgan fingerprint density at radius 3 is 2.62 bits per heavy atom. The summed E-state index contributed by atoms with van der Waals surface area (Å²) in [5, 5.41) is 2.77. The van der Waals surface area contributed by atoms with Gasteiger partial charge in [-0.2, -0.15) is 0 Å². The van der Waals surface area contributed by atoms with Gasteiger partial charge in [0.05, 0.1) is 12.8 Å². The standard InChI is InChI=1S/C23H19FN2O3/c1-13-9-18-21(10-14(13)2)29-23(26-18)16-7-8-20(28-3)19(12-16)25-22(27)15-5-4-6-17(24)11-15/h4-12H,1-3H3,(H,25,27). The summed E-state index contributed by atoms with van der Waals surface area (Å²) in [5.74, 6) is -0.00518. The minimum absolute atomic E-state index is 0.213. The van der Waals surface area contributed by atoms with Crippen LogP contribution < -0.4 is 10.1 Å². The number of anilines is 1. The normalized spacial score (nSPS) is 10.9. The zero-order chi connectivity index (χ0) is 20.5. The number of ether oxygens (including phenoxy) is 1. The number of halogens is 1. The third kappa shape index (κ3) is 3.69. The lowest BCUT2D eigenvalue weighted by molar-refractivity contribution is 0.102. The summed E-state index contributed by atoms with van der Waals surface area (Å²) in [7, 11) is 1.51. The Bertz CT molecular complexity index is 1190. The van der Waals surface area contributed by atoms with Gasteiger partial charge >= 0.3 is 0 Å². The zero-order valence-electron chi connectivity index (χ0n) is 16.2. The number of hydrogen-bond donors (Lipinski definition) is 1. The first-order valence-corrected chi connectivity index (χ1v) is 9.08. The lowest BCUT2D eigenvalue weighted by Crippen LogP contribution is -2.13. The van der Waals surface area contributed by atoms with Crippen molar-refractivity contribution in [1.82, 2.24) is 4.98 Å². The third-order valence-electron chi connectivity index (χ3n) is 4.79. The molecule has 0 atom stereocenters. The molecule has 29 heavy (non-hydrogen) atoms. The van der Waals surface area contributed by atoms with Gasteiger partial charge in [-0.25, -0.2) is 9.37 Å². The molecule has 0 aliphatic rings. The fraction of sp³-hybridized carbons (Fsp3) is 0.130. The van der Waals surface area contributed by atoms with Crippen molar-refractivity contribution in [3.8, 4) is 17.2 Å². The van der Waals surface area contributed by atoms with E-state index in [1.54, 1.807) is 24.3 Å². The minimum atomic E-state index is -0.476. The number of methoxy groups -OCH3 is 1. The van der Waals surface area contributed by atoms with Crippen molar-refractivity contribution in [3.05, 3.63) is 77.1 Å². The van der Waals surface area contributed by atoms with Crippen LogP contribution in [0, 0.1) is 19.7 Å². The van der Waals surface area contributed by atoms with Gasteiger partial charge in [-0.1, -0.05) is 6.07 Å². The average molecular weight is 390 g/mol. The second kappa shape index (κ2) is 7.39. The molecule has 5 nitrogen and oxygen atoms in total. The maximum Gasteiger partial charge on any atom is 0.255 e. The predicted molar refractivity (Wildman–Crippen MR) is 110 cm³/mol. The Kier molecular flexibility index (Phi) is 4.76. The molecule has 0 bridgehead atoms. The van der Waals surface area contributed by atoms with E-state index in [2.05, 4.69) is 10.3 Å². The van der Waals surface area contributed by atoms with Crippen molar-refractivity contribution in [1.29, 1.82) is 0 Å². The number of amides is 1. The van der Waals surface area contributed by atoms with Crippen LogP contribution in [0.25, 0.3) is 22.6 Å². The summed E-state index contributed by atoms with van der Waals surface area (Å²) in [6.45, 7) is 4.04. The molecule has 0 saturated carbocycles. The van der Waals surface area contributed by atoms with Crippen LogP contribution in [0.2, 0.25) is 0 Å². The molecule has 1 aromatic heterocycles. The lowest BCUT2D eigenvalue weighted by atomic mass is 10.1. The average Bonchev–Trinajstić information content (AvgIpc) is 3.11. The summed E-state index contributed by atoms with van der Waals surface area (Å²) in [5.41, 5.74) is 5.06. The molecule has 4 rings (SSSR count). The van der Waals surface area contributed by atoms with Crippen LogP contribution in [0.3, 0.4) is 0 Å². The molecule has 1 N–H and O–H groups in total. The number of carbonyl (C=O) groups is 1. The Labute approximate surface area is 167 Å². The second-order valence-electron chi connectivity index (χ2n) is 6.80. The number of aryl methyl sites for hydroxylation is 2. The fourth-order valence-corrected chi connectivity index (χ4v) is 3.07. The first kappa shape index (κ1) is 18.7. The van der Waals surface area contributed by atoms with E-state index in [0.717, 1.165) is 16.6 Å². The predicted octanol–water partition coefficient (Wildman–Crippen LogP) is 5.51. The van der Waals surface area contributed by atoms with Crippen LogP contribution in [0.4, 0.5) is 10.1 Å². The van der Waals surface area contributed by atoms with Gasteiger partial charge in [0.1, 0.15) is 17.1 Å². The molecule has 0 aliphatic heterocycles. The van der Waals surface area contributed by atoms with Gasteiger partial charge in [0.25, 0.3) is 5.91 Å². The van der Waals surface area contributed by atoms with Gasteiger partial charge in [0.15, 0.2) is 5.58 Å². The van der Waals surface area contributed by atoms with E-state index in [1.807, 2.05) is 26.0 Å². The highest BCUT2D eigenvalue weighted by Gasteiger charge is 2.15. The molecular weight excluding hydrogens is 371 g/mol. The van der Waals surface area contributed by atoms with E-state index in [-0.39, 0.29) is 5.56 Å². The monoisotopic (exact) mass is 390 g/mol. The van der Waals surface area contributed by atoms with Crippen LogP contribution >= 0.6 is 0 Å². The Morgan fingerprint density at radius 2 is 1.86 bits per heavy atom. The largest absolute Gasteiger partial charge is 0.495 e. The number of nitrogens with one attached hydrogen (secondary N) is 1. The van der Waals surface area contributed by atoms with Crippen molar-refractivity contribution in [2.75, 3.05) is 12.4 Å². The van der Waals surface area contributed by atoms with E-state index < -0.39 is 11.7 Å². The number of benzene rings is 3. The maximum atomic E-state index is 13.4. The molecule has 1 amide bonds. The summed E-state index contributed by atoms with van der Waals surface area (Å²) >= 11 is 0. The highest BCUT2D eigenvalue weighted by Crippen LogP contribution is 2.32. The fourth-order valence-electron chi connectivity index (χ4n) is 3.07. The number of rotatable bonds is 4. The number of oxazole rings is 1. The van der Waals surface area contributed by atoms with Crippen LogP contribution in [0.1, 0.15) is 21.5 Å². The molecule has 3 aromatic carbocycles. The van der Waals surface area contributed by atoms with Crippen molar-refractivity contribution in [2.45, 2.75) is 13.8 Å². The van der Waals surface area contributed by atoms with Gasteiger partial charge in [-0.05, 0) is 73.5 Å². The van der Waals surface area contributed by atoms with Crippen LogP contribution in [0.15, 0.2) is 59.0 Å². The Balaban J connectivity index is 1.71. The molecule has 146 valence electrons. The van der Waals surface area contributed by atoms with Gasteiger partial charge in [0, 0.05) is 11.1 Å². The quantitative estimate of drug-likeness (QED) is 0.499. The molecule has 0 saturated heterocycles. The molecule has 0 spiro atoms. The smallest absolute Gasteiger partial charge is 0.255 e. The summed E-state index contributed by atoms with van der Waals surface area (Å²) in [4.78, 5) is 17.1. The van der Waals surface area contributed by atoms with E-state index in [9.17, 15) is 9.18 Å². The van der Waals surface area contributed by atoms with Crippen LogP contribution in [-0.4, -0.2) is 18.0 Å². The Hall–Kier alpha value is -3.67. The summed E-state index contributed by atoms with van der Waals surface area (Å²) in [6, 6.07) is 14.7. The molecule has 4 aromatic rings. The maximum absolute atomic E-state index is 13.4. The van der Waals surface area contributed by atoms with Crippen molar-refractivity contribution in [3.63, 3.8) is 0 Å². The number of carbonyl (C=O) groups excluding carboxylic acids is 1. The highest BCUT2D eigenvalue weighted by molar-refractivity contribution is 6.05. The van der Waals surface area contributed by atoms with Crippen molar-refractivity contribution in [2.24, 2.45) is 0 Å². The molecule has 6 heteroatoms. The molecule has 0 unspecified atom stereocenters. The third-order valence-corrected chi connectivity index (χ3v) is 4.79. The minimum Gasteiger partial charge on any atom is -0.495 e.